The first-order valence-corrected chi connectivity index (χ1v) is 13.3. The van der Waals surface area contributed by atoms with Gasteiger partial charge >= 0.3 is 47.6 Å². The highest BCUT2D eigenvalue weighted by Crippen LogP contribution is 2.65. The number of aromatic nitrogens is 1. The van der Waals surface area contributed by atoms with Crippen LogP contribution in [0.15, 0.2) is 59.5 Å². The first-order chi connectivity index (χ1) is 19.5. The van der Waals surface area contributed by atoms with Crippen molar-refractivity contribution in [2.75, 3.05) is 0 Å². The lowest BCUT2D eigenvalue weighted by Gasteiger charge is -2.42. The molecule has 0 N–H and O–H groups in total. The van der Waals surface area contributed by atoms with E-state index in [2.05, 4.69) is 0 Å². The Morgan fingerprint density at radius 3 is 1.50 bits per heavy atom. The largest absolute Gasteiger partial charge is 0.460 e. The fourth-order valence-corrected chi connectivity index (χ4v) is 6.46. The standard InChI is InChI=1S/C22H9F17INO2S/c23-15(24,11-5-3-6-12(9-11)44(42,43)41-13-7-2-1-4-10(13)8-14(41)40)16(25,26)17(27,28)18(29,30)19(31,32)20(33,34)21(35,36)22(37,38)39/h1-9H. The van der Waals surface area contributed by atoms with Gasteiger partial charge in [0.2, 0.25) is 0 Å². The van der Waals surface area contributed by atoms with Gasteiger partial charge in [-0.15, -0.1) is 0 Å². The molecule has 1 aromatic heterocycles. The molecule has 0 saturated heterocycles. The molecule has 1 heterocycles. The Kier molecular flexibility index (Phi) is 8.36. The van der Waals surface area contributed by atoms with E-state index in [4.69, 9.17) is 0 Å². The third kappa shape index (κ3) is 4.70. The molecule has 246 valence electrons. The van der Waals surface area contributed by atoms with Crippen LogP contribution in [-0.4, -0.2) is 54.1 Å². The van der Waals surface area contributed by atoms with Crippen molar-refractivity contribution < 1.29 is 83.1 Å². The zero-order chi connectivity index (χ0) is 34.3. The number of nitrogens with zero attached hydrogens (tertiary/aromatic N) is 1. The Bertz CT molecular complexity index is 1680. The van der Waals surface area contributed by atoms with Gasteiger partial charge in [-0.05, 0) is 46.9 Å². The number of para-hydroxylation sites is 1. The highest BCUT2D eigenvalue weighted by atomic mass is 127. The summed E-state index contributed by atoms with van der Waals surface area (Å²) in [6, 6.07) is 6.27. The van der Waals surface area contributed by atoms with E-state index in [1.807, 2.05) is 0 Å². The van der Waals surface area contributed by atoms with Crippen molar-refractivity contribution in [3.63, 3.8) is 0 Å². The zero-order valence-corrected chi connectivity index (χ0v) is 23.1. The molecular formula is C22H9F17INO2S. The van der Waals surface area contributed by atoms with Gasteiger partial charge in [-0.2, -0.15) is 74.6 Å². The predicted molar refractivity (Wildman–Crippen MR) is 123 cm³/mol. The number of rotatable bonds is 9. The second kappa shape index (κ2) is 10.2. The minimum absolute atomic E-state index is 0.149. The fraction of sp³-hybridized carbons (Fsp3) is 0.364. The molecule has 44 heavy (non-hydrogen) atoms. The summed E-state index contributed by atoms with van der Waals surface area (Å²) in [6.45, 7) is 0. The van der Waals surface area contributed by atoms with Gasteiger partial charge in [0.1, 0.15) is 0 Å². The van der Waals surface area contributed by atoms with Gasteiger partial charge in [-0.25, -0.2) is 12.4 Å². The van der Waals surface area contributed by atoms with E-state index in [1.165, 1.54) is 52.9 Å². The molecule has 0 atom stereocenters. The first-order valence-electron chi connectivity index (χ1n) is 10.8. The van der Waals surface area contributed by atoms with Crippen LogP contribution in [-0.2, 0) is 15.9 Å². The quantitative estimate of drug-likeness (QED) is 0.160. The summed E-state index contributed by atoms with van der Waals surface area (Å²) in [5.74, 6) is -57.8. The van der Waals surface area contributed by atoms with Gasteiger partial charge < -0.3 is 0 Å². The predicted octanol–water partition coefficient (Wildman–Crippen LogP) is 8.95. The van der Waals surface area contributed by atoms with E-state index in [0.717, 1.165) is 0 Å². The van der Waals surface area contributed by atoms with Crippen LogP contribution in [0.25, 0.3) is 10.9 Å². The van der Waals surface area contributed by atoms with E-state index < -0.39 is 74.2 Å². The molecule has 22 heteroatoms. The minimum atomic E-state index is -8.76. The van der Waals surface area contributed by atoms with Crippen LogP contribution in [0.4, 0.5) is 74.6 Å². The Morgan fingerprint density at radius 1 is 0.545 bits per heavy atom. The topological polar surface area (TPSA) is 39.1 Å². The van der Waals surface area contributed by atoms with Crippen molar-refractivity contribution in [3.8, 4) is 0 Å². The SMILES string of the molecule is O=S(=O)(c1cccc(C(F)(F)C(F)(F)C(F)(F)C(F)(F)C(F)(F)C(F)(F)C(F)(F)C(F)(F)F)c1)n1c(I)cc2ccccc21. The van der Waals surface area contributed by atoms with Crippen LogP contribution >= 0.6 is 22.6 Å². The first kappa shape index (κ1) is 35.9. The number of benzene rings is 2. The van der Waals surface area contributed by atoms with Crippen molar-refractivity contribution in [2.24, 2.45) is 0 Å². The number of hydrogen-bond acceptors (Lipinski definition) is 2. The van der Waals surface area contributed by atoms with Crippen LogP contribution in [0.1, 0.15) is 5.56 Å². The third-order valence-corrected chi connectivity index (χ3v) is 8.93. The molecule has 0 radical (unpaired) electrons. The summed E-state index contributed by atoms with van der Waals surface area (Å²) < 4.78 is 258. The van der Waals surface area contributed by atoms with Gasteiger partial charge in [0, 0.05) is 10.9 Å². The van der Waals surface area contributed by atoms with E-state index in [9.17, 15) is 83.1 Å². The molecule has 2 aromatic carbocycles. The smallest absolute Gasteiger partial charge is 0.228 e. The van der Waals surface area contributed by atoms with Gasteiger partial charge in [0.25, 0.3) is 10.0 Å². The molecule has 0 fully saturated rings. The second-order valence-corrected chi connectivity index (χ2v) is 11.7. The Labute approximate surface area is 246 Å². The lowest BCUT2D eigenvalue weighted by atomic mass is 9.87. The summed E-state index contributed by atoms with van der Waals surface area (Å²) in [5, 5.41) is 0.212. The highest BCUT2D eigenvalue weighted by molar-refractivity contribution is 14.1. The van der Waals surface area contributed by atoms with Gasteiger partial charge in [-0.1, -0.05) is 30.3 Å². The summed E-state index contributed by atoms with van der Waals surface area (Å²) >= 11 is 1.42. The summed E-state index contributed by atoms with van der Waals surface area (Å²) in [7, 11) is -5.13. The maximum Gasteiger partial charge on any atom is 0.460 e. The Balaban J connectivity index is 2.16. The lowest BCUT2D eigenvalue weighted by molar-refractivity contribution is -0.462. The molecule has 0 bridgehead atoms. The van der Waals surface area contributed by atoms with Crippen LogP contribution in [0.2, 0.25) is 0 Å². The monoisotopic (exact) mass is 801 g/mol. The molecule has 0 spiro atoms. The second-order valence-electron chi connectivity index (χ2n) is 8.84. The molecule has 0 unspecified atom stereocenters. The molecule has 0 aliphatic carbocycles. The number of hydrogen-bond donors (Lipinski definition) is 0. The van der Waals surface area contributed by atoms with E-state index in [-0.39, 0.29) is 26.7 Å². The summed E-state index contributed by atoms with van der Waals surface area (Å²) in [4.78, 5) is -1.42. The molecule has 0 aliphatic heterocycles. The van der Waals surface area contributed by atoms with Gasteiger partial charge in [0.05, 0.1) is 14.1 Å². The van der Waals surface area contributed by atoms with E-state index in [1.54, 1.807) is 0 Å². The van der Waals surface area contributed by atoms with Crippen LogP contribution in [0, 0.1) is 3.70 Å². The average molecular weight is 801 g/mol. The normalized spacial score (nSPS) is 15.2. The third-order valence-electron chi connectivity index (χ3n) is 6.08. The van der Waals surface area contributed by atoms with Crippen LogP contribution < -0.4 is 0 Å². The molecule has 0 amide bonds. The van der Waals surface area contributed by atoms with Crippen molar-refractivity contribution >= 4 is 43.5 Å². The molecule has 3 nitrogen and oxygen atoms in total. The van der Waals surface area contributed by atoms with Crippen molar-refractivity contribution in [3.05, 3.63) is 63.9 Å². The van der Waals surface area contributed by atoms with Crippen molar-refractivity contribution in [2.45, 2.75) is 52.5 Å². The lowest BCUT2D eigenvalue weighted by Crippen LogP contribution is -2.74. The molecule has 0 aliphatic rings. The Morgan fingerprint density at radius 2 is 1.00 bits per heavy atom. The molecule has 3 aromatic rings. The zero-order valence-electron chi connectivity index (χ0n) is 20.2. The molecular weight excluding hydrogens is 792 g/mol. The van der Waals surface area contributed by atoms with E-state index >= 15 is 0 Å². The van der Waals surface area contributed by atoms with Crippen molar-refractivity contribution in [1.82, 2.24) is 3.97 Å². The maximum atomic E-state index is 14.8. The maximum absolute atomic E-state index is 14.8. The molecule has 3 rings (SSSR count). The number of halogens is 18. The fourth-order valence-electron chi connectivity index (χ4n) is 3.64. The van der Waals surface area contributed by atoms with Gasteiger partial charge in [-0.3, -0.25) is 0 Å². The van der Waals surface area contributed by atoms with Crippen LogP contribution in [0.3, 0.4) is 0 Å². The summed E-state index contributed by atoms with van der Waals surface area (Å²) in [6.07, 6.45) is -7.85. The average Bonchev–Trinajstić information content (AvgIpc) is 3.23. The van der Waals surface area contributed by atoms with Gasteiger partial charge in [0.15, 0.2) is 0 Å². The highest BCUT2D eigenvalue weighted by Gasteiger charge is 2.95. The minimum Gasteiger partial charge on any atom is -0.228 e. The molecule has 0 saturated carbocycles. The number of alkyl halides is 17. The van der Waals surface area contributed by atoms with Crippen molar-refractivity contribution in [1.29, 1.82) is 0 Å². The number of fused-ring (bicyclic) bond motifs is 1. The summed E-state index contributed by atoms with van der Waals surface area (Å²) in [5.41, 5.74) is -2.77. The Hall–Kier alpha value is -2.53. The van der Waals surface area contributed by atoms with Crippen LogP contribution in [0.5, 0.6) is 0 Å². The van der Waals surface area contributed by atoms with E-state index in [0.29, 0.717) is 10.0 Å².